The van der Waals surface area contributed by atoms with Crippen LogP contribution in [-0.4, -0.2) is 46.3 Å². The van der Waals surface area contributed by atoms with E-state index < -0.39 is 29.0 Å². The molecule has 0 saturated carbocycles. The van der Waals surface area contributed by atoms with Crippen LogP contribution in [0.2, 0.25) is 0 Å². The molecule has 4 rings (SSSR count). The fourth-order valence-corrected chi connectivity index (χ4v) is 4.13. The fourth-order valence-electron chi connectivity index (χ4n) is 3.90. The van der Waals surface area contributed by atoms with Crippen LogP contribution < -0.4 is 25.4 Å². The van der Waals surface area contributed by atoms with Gasteiger partial charge in [0.25, 0.3) is 5.91 Å². The van der Waals surface area contributed by atoms with Gasteiger partial charge in [0.2, 0.25) is 5.91 Å². The van der Waals surface area contributed by atoms with Gasteiger partial charge in [0.15, 0.2) is 16.7 Å². The molecule has 0 radical (unpaired) electrons. The number of ether oxygens (including phenoxy) is 2. The molecule has 0 unspecified atom stereocenters. The summed E-state index contributed by atoms with van der Waals surface area (Å²) in [4.78, 5) is 29.4. The molecule has 0 atom stereocenters. The summed E-state index contributed by atoms with van der Waals surface area (Å²) in [6, 6.07) is 14.5. The van der Waals surface area contributed by atoms with E-state index in [9.17, 15) is 19.1 Å². The number of amides is 2. The first kappa shape index (κ1) is 30.3. The van der Waals surface area contributed by atoms with Gasteiger partial charge in [0, 0.05) is 35.9 Å². The number of hydrogen-bond donors (Lipinski definition) is 4. The number of anilines is 1. The second-order valence-corrected chi connectivity index (χ2v) is 10.3. The second-order valence-electron chi connectivity index (χ2n) is 9.89. The first-order valence-corrected chi connectivity index (χ1v) is 13.1. The van der Waals surface area contributed by atoms with Crippen molar-refractivity contribution >= 4 is 45.7 Å². The van der Waals surface area contributed by atoms with Gasteiger partial charge in [-0.05, 0) is 62.0 Å². The molecule has 0 fully saturated rings. The zero-order valence-corrected chi connectivity index (χ0v) is 23.8. The molecule has 42 heavy (non-hydrogen) atoms. The highest BCUT2D eigenvalue weighted by atomic mass is 32.1. The number of nitrogens with zero attached hydrogens (tertiary/aromatic N) is 1. The largest absolute Gasteiger partial charge is 0.496 e. The lowest BCUT2D eigenvalue weighted by Gasteiger charge is -2.18. The Morgan fingerprint density at radius 2 is 1.76 bits per heavy atom. The molecule has 0 aliphatic heterocycles. The summed E-state index contributed by atoms with van der Waals surface area (Å²) < 4.78 is 40.1. The van der Waals surface area contributed by atoms with Gasteiger partial charge in [-0.3, -0.25) is 14.6 Å². The number of thiocarbonyl (C=S) groups is 1. The highest BCUT2D eigenvalue weighted by Gasteiger charge is 2.20. The molecule has 2 amide bonds. The Morgan fingerprint density at radius 1 is 1.00 bits per heavy atom. The molecule has 0 spiro atoms. The van der Waals surface area contributed by atoms with Crippen molar-refractivity contribution < 1.29 is 33.0 Å². The molecular weight excluding hydrogens is 566 g/mol. The van der Waals surface area contributed by atoms with Gasteiger partial charge in [-0.25, -0.2) is 8.78 Å². The molecule has 4 aromatic rings. The molecule has 1 aromatic heterocycles. The van der Waals surface area contributed by atoms with E-state index in [1.807, 2.05) is 0 Å². The molecule has 9 nitrogen and oxygen atoms in total. The van der Waals surface area contributed by atoms with Crippen molar-refractivity contribution in [2.75, 3.05) is 19.0 Å². The number of methoxy groups -OCH3 is 1. The highest BCUT2D eigenvalue weighted by molar-refractivity contribution is 7.80. The monoisotopic (exact) mass is 594 g/mol. The van der Waals surface area contributed by atoms with Gasteiger partial charge in [-0.2, -0.15) is 0 Å². The smallest absolute Gasteiger partial charge is 0.255 e. The third-order valence-electron chi connectivity index (χ3n) is 5.92. The summed E-state index contributed by atoms with van der Waals surface area (Å²) >= 11 is 5.13. The van der Waals surface area contributed by atoms with E-state index in [1.165, 1.54) is 55.8 Å². The van der Waals surface area contributed by atoms with Crippen molar-refractivity contribution in [3.8, 4) is 17.2 Å². The maximum atomic E-state index is 15.1. The van der Waals surface area contributed by atoms with Crippen LogP contribution >= 0.6 is 12.2 Å². The summed E-state index contributed by atoms with van der Waals surface area (Å²) in [5, 5.41) is 18.1. The zero-order valence-electron chi connectivity index (χ0n) is 23.0. The fraction of sp³-hybridized carbons (Fsp3) is 0.200. The number of carbonyl (C=O) groups is 2. The Kier molecular flexibility index (Phi) is 9.28. The second kappa shape index (κ2) is 12.9. The van der Waals surface area contributed by atoms with Crippen LogP contribution in [0, 0.1) is 11.6 Å². The predicted molar refractivity (Wildman–Crippen MR) is 158 cm³/mol. The van der Waals surface area contributed by atoms with Gasteiger partial charge >= 0.3 is 0 Å². The lowest BCUT2D eigenvalue weighted by Crippen LogP contribution is -2.38. The first-order chi connectivity index (χ1) is 19.9. The van der Waals surface area contributed by atoms with Gasteiger partial charge < -0.3 is 30.5 Å². The van der Waals surface area contributed by atoms with Gasteiger partial charge in [0.05, 0.1) is 30.2 Å². The van der Waals surface area contributed by atoms with E-state index in [0.717, 1.165) is 6.07 Å². The molecule has 1 heterocycles. The van der Waals surface area contributed by atoms with Crippen LogP contribution in [0.1, 0.15) is 29.8 Å². The molecule has 0 saturated heterocycles. The average molecular weight is 595 g/mol. The molecule has 0 bridgehead atoms. The normalized spacial score (nSPS) is 11.1. The Labute approximate surface area is 245 Å². The molecule has 3 aromatic carbocycles. The SMILES string of the molecule is COc1cc2nccc(Oc3ccc(NC(=S)NC(=O)Cc4ccccc4F)cc3F)c2cc1C(=O)NCC(C)(C)O. The summed E-state index contributed by atoms with van der Waals surface area (Å²) in [7, 11) is 1.42. The third kappa shape index (κ3) is 7.74. The Balaban J connectivity index is 1.48. The van der Waals surface area contributed by atoms with Gasteiger partial charge in [0.1, 0.15) is 17.3 Å². The van der Waals surface area contributed by atoms with Gasteiger partial charge in [-0.15, -0.1) is 0 Å². The first-order valence-electron chi connectivity index (χ1n) is 12.7. The minimum Gasteiger partial charge on any atom is -0.496 e. The summed E-state index contributed by atoms with van der Waals surface area (Å²) in [6.45, 7) is 3.13. The average Bonchev–Trinajstić information content (AvgIpc) is 2.93. The molecular formula is C30H28F2N4O5S. The van der Waals surface area contributed by atoms with E-state index >= 15 is 4.39 Å². The highest BCUT2D eigenvalue weighted by Crippen LogP contribution is 2.34. The summed E-state index contributed by atoms with van der Waals surface area (Å²) in [6.07, 6.45) is 1.26. The number of aromatic nitrogens is 1. The molecule has 218 valence electrons. The summed E-state index contributed by atoms with van der Waals surface area (Å²) in [5.74, 6) is -1.88. The van der Waals surface area contributed by atoms with E-state index in [1.54, 1.807) is 26.0 Å². The zero-order chi connectivity index (χ0) is 30.4. The van der Waals surface area contributed by atoms with Crippen molar-refractivity contribution in [2.24, 2.45) is 0 Å². The Morgan fingerprint density at radius 3 is 2.45 bits per heavy atom. The molecule has 0 aliphatic carbocycles. The molecule has 0 aliphatic rings. The topological polar surface area (TPSA) is 122 Å². The number of aliphatic hydroxyl groups is 1. The minimum absolute atomic E-state index is 0.00765. The van der Waals surface area contributed by atoms with Crippen LogP contribution in [0.15, 0.2) is 66.9 Å². The Hall–Kier alpha value is -4.68. The number of rotatable bonds is 9. The van der Waals surface area contributed by atoms with Crippen LogP contribution in [-0.2, 0) is 11.2 Å². The minimum atomic E-state index is -1.12. The van der Waals surface area contributed by atoms with Crippen molar-refractivity contribution in [3.05, 3.63) is 89.6 Å². The van der Waals surface area contributed by atoms with Crippen LogP contribution in [0.5, 0.6) is 17.2 Å². The van der Waals surface area contributed by atoms with Gasteiger partial charge in [-0.1, -0.05) is 18.2 Å². The van der Waals surface area contributed by atoms with Crippen LogP contribution in [0.4, 0.5) is 14.5 Å². The third-order valence-corrected chi connectivity index (χ3v) is 6.12. The lowest BCUT2D eigenvalue weighted by atomic mass is 10.1. The standard InChI is InChI=1S/C30H28F2N4O5S/c1-30(2,39)16-34-28(38)20-14-19-23(15-26(20)40-3)33-11-10-24(19)41-25-9-8-18(13-22(25)32)35-29(42)36-27(37)12-17-6-4-5-7-21(17)31/h4-11,13-15,39H,12,16H2,1-3H3,(H,34,38)(H2,35,36,37,42). The maximum Gasteiger partial charge on any atom is 0.255 e. The summed E-state index contributed by atoms with van der Waals surface area (Å²) in [5.41, 5.74) is -0.0398. The Bertz CT molecular complexity index is 1660. The number of fused-ring (bicyclic) bond motifs is 1. The number of pyridine rings is 1. The quantitative estimate of drug-likeness (QED) is 0.203. The number of benzene rings is 3. The van der Waals surface area contributed by atoms with Crippen molar-refractivity contribution in [1.82, 2.24) is 15.6 Å². The number of nitrogens with one attached hydrogen (secondary N) is 3. The van der Waals surface area contributed by atoms with Crippen LogP contribution in [0.25, 0.3) is 10.9 Å². The lowest BCUT2D eigenvalue weighted by molar-refractivity contribution is -0.119. The number of carbonyl (C=O) groups excluding carboxylic acids is 2. The molecule has 12 heteroatoms. The van der Waals surface area contributed by atoms with E-state index in [2.05, 4.69) is 20.9 Å². The molecule has 4 N–H and O–H groups in total. The van der Waals surface area contributed by atoms with E-state index in [-0.39, 0.29) is 52.1 Å². The predicted octanol–water partition coefficient (Wildman–Crippen LogP) is 4.87. The van der Waals surface area contributed by atoms with E-state index in [4.69, 9.17) is 21.7 Å². The number of halogens is 2. The number of hydrogen-bond acceptors (Lipinski definition) is 7. The maximum absolute atomic E-state index is 15.1. The van der Waals surface area contributed by atoms with Crippen molar-refractivity contribution in [2.45, 2.75) is 25.9 Å². The van der Waals surface area contributed by atoms with Crippen molar-refractivity contribution in [1.29, 1.82) is 0 Å². The van der Waals surface area contributed by atoms with Crippen molar-refractivity contribution in [3.63, 3.8) is 0 Å². The van der Waals surface area contributed by atoms with Crippen LogP contribution in [0.3, 0.4) is 0 Å². The van der Waals surface area contributed by atoms with E-state index in [0.29, 0.717) is 10.9 Å².